The van der Waals surface area contributed by atoms with Gasteiger partial charge in [0.05, 0.1) is 11.5 Å². The second kappa shape index (κ2) is 7.23. The normalized spacial score (nSPS) is 18.4. The zero-order valence-corrected chi connectivity index (χ0v) is 13.8. The van der Waals surface area contributed by atoms with Gasteiger partial charge in [0, 0.05) is 32.2 Å². The second-order valence-electron chi connectivity index (χ2n) is 5.93. The zero-order valence-electron chi connectivity index (χ0n) is 13.8. The molecular weight excluding hydrogens is 321 g/mol. The van der Waals surface area contributed by atoms with E-state index in [1.165, 1.54) is 24.0 Å². The molecule has 0 spiro atoms. The van der Waals surface area contributed by atoms with Crippen molar-refractivity contribution >= 4 is 17.5 Å². The van der Waals surface area contributed by atoms with Crippen LogP contribution in [0.1, 0.15) is 32.3 Å². The van der Waals surface area contributed by atoms with Gasteiger partial charge in [-0.3, -0.25) is 9.59 Å². The number of rotatable bonds is 3. The van der Waals surface area contributed by atoms with Gasteiger partial charge in [-0.2, -0.15) is 13.2 Å². The van der Waals surface area contributed by atoms with Crippen molar-refractivity contribution < 1.29 is 22.8 Å². The van der Waals surface area contributed by atoms with Crippen LogP contribution in [0.2, 0.25) is 0 Å². The molecule has 2 rings (SSSR count). The Morgan fingerprint density at radius 1 is 1.25 bits per heavy atom. The summed E-state index contributed by atoms with van der Waals surface area (Å²) in [6.45, 7) is 4.62. The fourth-order valence-corrected chi connectivity index (χ4v) is 2.98. The van der Waals surface area contributed by atoms with Crippen molar-refractivity contribution in [3.8, 4) is 0 Å². The van der Waals surface area contributed by atoms with Gasteiger partial charge in [0.2, 0.25) is 11.8 Å². The third-order valence-corrected chi connectivity index (χ3v) is 4.30. The molecule has 0 N–H and O–H groups in total. The van der Waals surface area contributed by atoms with E-state index in [1.807, 2.05) is 0 Å². The van der Waals surface area contributed by atoms with E-state index < -0.39 is 11.7 Å². The van der Waals surface area contributed by atoms with E-state index in [1.54, 1.807) is 11.8 Å². The Balaban J connectivity index is 2.15. The third-order valence-electron chi connectivity index (χ3n) is 4.30. The molecule has 0 radical (unpaired) electrons. The molecule has 1 fully saturated rings. The first-order valence-corrected chi connectivity index (χ1v) is 7.98. The Bertz CT molecular complexity index is 599. The second-order valence-corrected chi connectivity index (χ2v) is 5.93. The minimum atomic E-state index is -4.40. The molecule has 0 saturated carbocycles. The number of hydrogen-bond donors (Lipinski definition) is 0. The summed E-state index contributed by atoms with van der Waals surface area (Å²) in [5, 5.41) is 0. The molecule has 0 bridgehead atoms. The molecule has 1 aliphatic rings. The Kier molecular flexibility index (Phi) is 5.51. The number of alkyl halides is 3. The molecule has 0 aliphatic carbocycles. The summed E-state index contributed by atoms with van der Waals surface area (Å²) in [6.07, 6.45) is -2.97. The van der Waals surface area contributed by atoms with Crippen LogP contribution >= 0.6 is 0 Å². The van der Waals surface area contributed by atoms with Crippen LogP contribution < -0.4 is 4.90 Å². The van der Waals surface area contributed by atoms with Crippen molar-refractivity contribution in [2.45, 2.75) is 32.9 Å². The summed E-state index contributed by atoms with van der Waals surface area (Å²) in [6, 6.07) is 4.59. The lowest BCUT2D eigenvalue weighted by molar-refractivity contribution is -0.137. The van der Waals surface area contributed by atoms with Crippen LogP contribution in [0.25, 0.3) is 0 Å². The first-order valence-electron chi connectivity index (χ1n) is 7.98. The maximum Gasteiger partial charge on any atom is 0.416 e. The monoisotopic (exact) mass is 342 g/mol. The number of halogens is 3. The first kappa shape index (κ1) is 18.3. The van der Waals surface area contributed by atoms with Crippen LogP contribution in [0.15, 0.2) is 24.3 Å². The molecule has 1 atom stereocenters. The Hall–Kier alpha value is -2.05. The lowest BCUT2D eigenvalue weighted by Gasteiger charge is -2.34. The molecule has 1 aromatic rings. The van der Waals surface area contributed by atoms with E-state index in [2.05, 4.69) is 0 Å². The number of carbonyl (C=O) groups excluding carboxylic acids is 2. The van der Waals surface area contributed by atoms with Gasteiger partial charge in [-0.05, 0) is 44.0 Å². The smallest absolute Gasteiger partial charge is 0.342 e. The van der Waals surface area contributed by atoms with Crippen molar-refractivity contribution in [1.29, 1.82) is 0 Å². The van der Waals surface area contributed by atoms with Gasteiger partial charge in [0.25, 0.3) is 0 Å². The Morgan fingerprint density at radius 2 is 1.88 bits per heavy atom. The van der Waals surface area contributed by atoms with E-state index in [0.29, 0.717) is 31.7 Å². The molecule has 7 heteroatoms. The van der Waals surface area contributed by atoms with E-state index >= 15 is 0 Å². The van der Waals surface area contributed by atoms with E-state index in [-0.39, 0.29) is 17.7 Å². The largest absolute Gasteiger partial charge is 0.416 e. The van der Waals surface area contributed by atoms with Gasteiger partial charge in [0.15, 0.2) is 0 Å². The van der Waals surface area contributed by atoms with Crippen LogP contribution in [0.5, 0.6) is 0 Å². The average molecular weight is 342 g/mol. The highest BCUT2D eigenvalue weighted by molar-refractivity contribution is 5.95. The molecular formula is C17H21F3N2O2. The summed E-state index contributed by atoms with van der Waals surface area (Å²) < 4.78 is 38.0. The van der Waals surface area contributed by atoms with Crippen LogP contribution in [0.4, 0.5) is 18.9 Å². The SMILES string of the molecule is CCN(C(=O)[C@H]1CCCN(C(C)=O)C1)c1ccc(C(F)(F)F)cc1. The van der Waals surface area contributed by atoms with Crippen LogP contribution in [0.3, 0.4) is 0 Å². The first-order chi connectivity index (χ1) is 11.2. The number of hydrogen-bond acceptors (Lipinski definition) is 2. The number of nitrogens with zero attached hydrogens (tertiary/aromatic N) is 2. The predicted molar refractivity (Wildman–Crippen MR) is 84.4 cm³/mol. The van der Waals surface area contributed by atoms with Crippen molar-refractivity contribution in [3.05, 3.63) is 29.8 Å². The quantitative estimate of drug-likeness (QED) is 0.845. The van der Waals surface area contributed by atoms with Crippen LogP contribution in [-0.2, 0) is 15.8 Å². The van der Waals surface area contributed by atoms with Crippen molar-refractivity contribution in [2.24, 2.45) is 5.92 Å². The molecule has 1 heterocycles. The molecule has 1 saturated heterocycles. The fourth-order valence-electron chi connectivity index (χ4n) is 2.98. The van der Waals surface area contributed by atoms with E-state index in [4.69, 9.17) is 0 Å². The Labute approximate surface area is 139 Å². The van der Waals surface area contributed by atoms with Gasteiger partial charge in [-0.1, -0.05) is 0 Å². The number of likely N-dealkylation sites (tertiary alicyclic amines) is 1. The fraction of sp³-hybridized carbons (Fsp3) is 0.529. The van der Waals surface area contributed by atoms with Crippen molar-refractivity contribution in [3.63, 3.8) is 0 Å². The summed E-state index contributed by atoms with van der Waals surface area (Å²) in [5.74, 6) is -0.529. The molecule has 1 aliphatic heterocycles. The number of benzene rings is 1. The third kappa shape index (κ3) is 4.07. The van der Waals surface area contributed by atoms with Crippen molar-refractivity contribution in [2.75, 3.05) is 24.5 Å². The molecule has 1 aromatic carbocycles. The van der Waals surface area contributed by atoms with E-state index in [9.17, 15) is 22.8 Å². The van der Waals surface area contributed by atoms with Crippen molar-refractivity contribution in [1.82, 2.24) is 4.90 Å². The Morgan fingerprint density at radius 3 is 2.38 bits per heavy atom. The molecule has 24 heavy (non-hydrogen) atoms. The van der Waals surface area contributed by atoms with Crippen LogP contribution in [-0.4, -0.2) is 36.3 Å². The molecule has 0 aromatic heterocycles. The summed E-state index contributed by atoms with van der Waals surface area (Å²) in [4.78, 5) is 27.4. The number of anilines is 1. The highest BCUT2D eigenvalue weighted by Gasteiger charge is 2.32. The number of carbonyl (C=O) groups is 2. The highest BCUT2D eigenvalue weighted by Crippen LogP contribution is 2.31. The van der Waals surface area contributed by atoms with Gasteiger partial charge in [-0.25, -0.2) is 0 Å². The maximum atomic E-state index is 12.7. The lowest BCUT2D eigenvalue weighted by atomic mass is 9.96. The molecule has 2 amide bonds. The zero-order chi connectivity index (χ0) is 17.9. The predicted octanol–water partition coefficient (Wildman–Crippen LogP) is 3.32. The van der Waals surface area contributed by atoms with Gasteiger partial charge in [-0.15, -0.1) is 0 Å². The summed E-state index contributed by atoms with van der Waals surface area (Å²) >= 11 is 0. The number of piperidine rings is 1. The minimum Gasteiger partial charge on any atom is -0.342 e. The average Bonchev–Trinajstić information content (AvgIpc) is 2.55. The molecule has 4 nitrogen and oxygen atoms in total. The van der Waals surface area contributed by atoms with Gasteiger partial charge < -0.3 is 9.80 Å². The summed E-state index contributed by atoms with van der Waals surface area (Å²) in [5.41, 5.74) is -0.300. The number of amides is 2. The van der Waals surface area contributed by atoms with Gasteiger partial charge >= 0.3 is 6.18 Å². The summed E-state index contributed by atoms with van der Waals surface area (Å²) in [7, 11) is 0. The topological polar surface area (TPSA) is 40.6 Å². The molecule has 0 unspecified atom stereocenters. The highest BCUT2D eigenvalue weighted by atomic mass is 19.4. The van der Waals surface area contributed by atoms with Gasteiger partial charge in [0.1, 0.15) is 0 Å². The lowest BCUT2D eigenvalue weighted by Crippen LogP contribution is -2.46. The molecule has 132 valence electrons. The maximum absolute atomic E-state index is 12.7. The van der Waals surface area contributed by atoms with Crippen LogP contribution in [0, 0.1) is 5.92 Å². The van der Waals surface area contributed by atoms with E-state index in [0.717, 1.165) is 18.6 Å². The minimum absolute atomic E-state index is 0.0647. The standard InChI is InChI=1S/C17H21F3N2O2/c1-3-22(15-8-6-14(7-9-15)17(18,19)20)16(24)13-5-4-10-21(11-13)12(2)23/h6-9,13H,3-5,10-11H2,1-2H3/t13-/m0/s1.